The number of nitrogens with zero attached hydrogens (tertiary/aromatic N) is 1. The molecule has 1 aliphatic heterocycles. The molecule has 1 heterocycles. The van der Waals surface area contributed by atoms with Crippen LogP contribution in [0.2, 0.25) is 0 Å². The molecule has 4 heteroatoms. The van der Waals surface area contributed by atoms with Crippen molar-refractivity contribution in [3.05, 3.63) is 35.9 Å². The highest BCUT2D eigenvalue weighted by atomic mass is 16.5. The van der Waals surface area contributed by atoms with Crippen molar-refractivity contribution in [2.45, 2.75) is 44.8 Å². The van der Waals surface area contributed by atoms with E-state index in [2.05, 4.69) is 26.0 Å². The van der Waals surface area contributed by atoms with Gasteiger partial charge in [-0.15, -0.1) is 0 Å². The SMILES string of the molecule is CC(COC1CCOC1)N(C=O)CC(C)(C)c1ccccc1. The number of amides is 1. The predicted molar refractivity (Wildman–Crippen MR) is 86.9 cm³/mol. The highest BCUT2D eigenvalue weighted by Gasteiger charge is 2.26. The highest BCUT2D eigenvalue weighted by molar-refractivity contribution is 5.48. The van der Waals surface area contributed by atoms with Gasteiger partial charge in [0.2, 0.25) is 6.41 Å². The minimum Gasteiger partial charge on any atom is -0.379 e. The van der Waals surface area contributed by atoms with Crippen molar-refractivity contribution in [2.24, 2.45) is 0 Å². The van der Waals surface area contributed by atoms with E-state index in [1.54, 1.807) is 0 Å². The van der Waals surface area contributed by atoms with Crippen molar-refractivity contribution in [1.82, 2.24) is 4.90 Å². The molecule has 1 amide bonds. The van der Waals surface area contributed by atoms with Gasteiger partial charge in [-0.2, -0.15) is 0 Å². The molecule has 2 unspecified atom stereocenters. The van der Waals surface area contributed by atoms with Gasteiger partial charge in [0, 0.05) is 18.6 Å². The van der Waals surface area contributed by atoms with E-state index in [1.165, 1.54) is 5.56 Å². The van der Waals surface area contributed by atoms with E-state index < -0.39 is 0 Å². The first-order chi connectivity index (χ1) is 10.5. The van der Waals surface area contributed by atoms with Gasteiger partial charge in [-0.25, -0.2) is 0 Å². The molecule has 1 fully saturated rings. The molecule has 1 saturated heterocycles. The summed E-state index contributed by atoms with van der Waals surface area (Å²) in [5.74, 6) is 0. The largest absolute Gasteiger partial charge is 0.379 e. The second kappa shape index (κ2) is 7.75. The fraction of sp³-hybridized carbons (Fsp3) is 0.611. The molecule has 0 aliphatic carbocycles. The molecule has 2 rings (SSSR count). The molecule has 0 bridgehead atoms. The minimum atomic E-state index is -0.0904. The van der Waals surface area contributed by atoms with Crippen molar-refractivity contribution < 1.29 is 14.3 Å². The number of carbonyl (C=O) groups is 1. The van der Waals surface area contributed by atoms with Gasteiger partial charge in [0.05, 0.1) is 25.4 Å². The topological polar surface area (TPSA) is 38.8 Å². The lowest BCUT2D eigenvalue weighted by atomic mass is 9.84. The Kier molecular flexibility index (Phi) is 5.98. The average molecular weight is 305 g/mol. The van der Waals surface area contributed by atoms with E-state index in [1.807, 2.05) is 30.0 Å². The molecular formula is C18H27NO3. The maximum Gasteiger partial charge on any atom is 0.210 e. The van der Waals surface area contributed by atoms with Crippen LogP contribution in [0.25, 0.3) is 0 Å². The van der Waals surface area contributed by atoms with Crippen LogP contribution in [0.15, 0.2) is 30.3 Å². The van der Waals surface area contributed by atoms with Crippen LogP contribution >= 0.6 is 0 Å². The Hall–Kier alpha value is -1.39. The van der Waals surface area contributed by atoms with E-state index in [4.69, 9.17) is 9.47 Å². The Morgan fingerprint density at radius 3 is 2.73 bits per heavy atom. The van der Waals surface area contributed by atoms with Gasteiger partial charge in [0.25, 0.3) is 0 Å². The monoisotopic (exact) mass is 305 g/mol. The van der Waals surface area contributed by atoms with Crippen LogP contribution in [0, 0.1) is 0 Å². The zero-order valence-corrected chi connectivity index (χ0v) is 13.8. The molecule has 0 aromatic heterocycles. The van der Waals surface area contributed by atoms with Crippen molar-refractivity contribution in [3.8, 4) is 0 Å². The third kappa shape index (κ3) is 4.55. The Morgan fingerprint density at radius 1 is 1.41 bits per heavy atom. The lowest BCUT2D eigenvalue weighted by Crippen LogP contribution is -2.43. The van der Waals surface area contributed by atoms with Gasteiger partial charge in [0.15, 0.2) is 0 Å². The molecule has 122 valence electrons. The number of ether oxygens (including phenoxy) is 2. The summed E-state index contributed by atoms with van der Waals surface area (Å²) in [6.07, 6.45) is 2.06. The summed E-state index contributed by atoms with van der Waals surface area (Å²) < 4.78 is 11.1. The zero-order valence-electron chi connectivity index (χ0n) is 13.8. The maximum absolute atomic E-state index is 11.5. The lowest BCUT2D eigenvalue weighted by Gasteiger charge is -2.34. The number of benzene rings is 1. The van der Waals surface area contributed by atoms with E-state index in [9.17, 15) is 4.79 Å². The summed E-state index contributed by atoms with van der Waals surface area (Å²) in [5.41, 5.74) is 1.14. The summed E-state index contributed by atoms with van der Waals surface area (Å²) in [7, 11) is 0. The number of hydrogen-bond donors (Lipinski definition) is 0. The Morgan fingerprint density at radius 2 is 2.14 bits per heavy atom. The first kappa shape index (κ1) is 17.0. The second-order valence-electron chi connectivity index (χ2n) is 6.70. The molecule has 2 atom stereocenters. The van der Waals surface area contributed by atoms with Crippen LogP contribution in [-0.2, 0) is 19.7 Å². The van der Waals surface area contributed by atoms with Crippen LogP contribution in [0.4, 0.5) is 0 Å². The van der Waals surface area contributed by atoms with Gasteiger partial charge < -0.3 is 14.4 Å². The zero-order chi connectivity index (χ0) is 16.0. The third-order valence-corrected chi connectivity index (χ3v) is 4.30. The average Bonchev–Trinajstić information content (AvgIpc) is 3.04. The molecule has 0 radical (unpaired) electrons. The number of hydrogen-bond acceptors (Lipinski definition) is 3. The molecule has 0 spiro atoms. The van der Waals surface area contributed by atoms with E-state index in [0.29, 0.717) is 19.8 Å². The van der Waals surface area contributed by atoms with E-state index >= 15 is 0 Å². The van der Waals surface area contributed by atoms with Crippen molar-refractivity contribution in [1.29, 1.82) is 0 Å². The van der Waals surface area contributed by atoms with Gasteiger partial charge in [-0.1, -0.05) is 44.2 Å². The number of carbonyl (C=O) groups excluding carboxylic acids is 1. The van der Waals surface area contributed by atoms with Crippen LogP contribution in [0.3, 0.4) is 0 Å². The molecule has 1 aromatic rings. The molecule has 4 nitrogen and oxygen atoms in total. The quantitative estimate of drug-likeness (QED) is 0.693. The Bertz CT molecular complexity index is 455. The summed E-state index contributed by atoms with van der Waals surface area (Å²) in [5, 5.41) is 0. The second-order valence-corrected chi connectivity index (χ2v) is 6.70. The molecule has 1 aliphatic rings. The highest BCUT2D eigenvalue weighted by Crippen LogP contribution is 2.24. The van der Waals surface area contributed by atoms with Gasteiger partial charge >= 0.3 is 0 Å². The fourth-order valence-electron chi connectivity index (χ4n) is 2.75. The van der Waals surface area contributed by atoms with Gasteiger partial charge in [-0.05, 0) is 18.9 Å². The minimum absolute atomic E-state index is 0.0566. The first-order valence-corrected chi connectivity index (χ1v) is 7.99. The Labute approximate surface area is 133 Å². The molecule has 22 heavy (non-hydrogen) atoms. The van der Waals surface area contributed by atoms with E-state index in [0.717, 1.165) is 19.4 Å². The Balaban J connectivity index is 1.91. The summed E-state index contributed by atoms with van der Waals surface area (Å²) in [6.45, 7) is 9.03. The van der Waals surface area contributed by atoms with Gasteiger partial charge in [-0.3, -0.25) is 4.79 Å². The van der Waals surface area contributed by atoms with E-state index in [-0.39, 0.29) is 17.6 Å². The molecular weight excluding hydrogens is 278 g/mol. The van der Waals surface area contributed by atoms with Crippen molar-refractivity contribution in [2.75, 3.05) is 26.4 Å². The summed E-state index contributed by atoms with van der Waals surface area (Å²) in [4.78, 5) is 13.3. The van der Waals surface area contributed by atoms with Crippen LogP contribution in [0.1, 0.15) is 32.8 Å². The first-order valence-electron chi connectivity index (χ1n) is 7.99. The smallest absolute Gasteiger partial charge is 0.210 e. The molecule has 0 saturated carbocycles. The summed E-state index contributed by atoms with van der Waals surface area (Å²) in [6, 6.07) is 10.4. The fourth-order valence-corrected chi connectivity index (χ4v) is 2.75. The van der Waals surface area contributed by atoms with Crippen molar-refractivity contribution >= 4 is 6.41 Å². The normalized spacial score (nSPS) is 19.9. The predicted octanol–water partition coefficient (Wildman–Crippen LogP) is 2.62. The van der Waals surface area contributed by atoms with Crippen LogP contribution in [0.5, 0.6) is 0 Å². The lowest BCUT2D eigenvalue weighted by molar-refractivity contribution is -0.122. The number of rotatable bonds is 8. The van der Waals surface area contributed by atoms with Crippen LogP contribution < -0.4 is 0 Å². The van der Waals surface area contributed by atoms with Crippen molar-refractivity contribution in [3.63, 3.8) is 0 Å². The maximum atomic E-state index is 11.5. The van der Waals surface area contributed by atoms with Gasteiger partial charge in [0.1, 0.15) is 0 Å². The van der Waals surface area contributed by atoms with Crippen LogP contribution in [-0.4, -0.2) is 49.8 Å². The standard InChI is InChI=1S/C18H27NO3/c1-15(11-22-17-9-10-21-12-17)19(14-20)13-18(2,3)16-7-5-4-6-8-16/h4-8,14-15,17H,9-13H2,1-3H3. The summed E-state index contributed by atoms with van der Waals surface area (Å²) >= 11 is 0. The molecule has 1 aromatic carbocycles. The third-order valence-electron chi connectivity index (χ3n) is 4.30. The molecule has 0 N–H and O–H groups in total.